The van der Waals surface area contributed by atoms with E-state index in [9.17, 15) is 4.79 Å². The number of hydrogen-bond donors (Lipinski definition) is 2. The van der Waals surface area contributed by atoms with Gasteiger partial charge in [0.15, 0.2) is 0 Å². The highest BCUT2D eigenvalue weighted by Gasteiger charge is 2.25. The molecule has 21 heavy (non-hydrogen) atoms. The van der Waals surface area contributed by atoms with Gasteiger partial charge in [-0.2, -0.15) is 0 Å². The lowest BCUT2D eigenvalue weighted by Crippen LogP contribution is -2.25. The number of rotatable bonds is 2. The molecule has 4 rings (SSSR count). The summed E-state index contributed by atoms with van der Waals surface area (Å²) in [4.78, 5) is 17.0. The predicted octanol–water partition coefficient (Wildman–Crippen LogP) is 2.86. The second kappa shape index (κ2) is 4.45. The van der Waals surface area contributed by atoms with E-state index < -0.39 is 0 Å². The third kappa shape index (κ3) is 2.00. The van der Waals surface area contributed by atoms with Gasteiger partial charge in [0, 0.05) is 16.8 Å². The lowest BCUT2D eigenvalue weighted by atomic mass is 10.0. The molecule has 1 aliphatic rings. The summed E-state index contributed by atoms with van der Waals surface area (Å²) in [5.74, 6) is -0.0646. The van der Waals surface area contributed by atoms with Crippen molar-refractivity contribution in [2.75, 3.05) is 5.73 Å². The third-order valence-corrected chi connectivity index (χ3v) is 3.91. The number of aromatic nitrogens is 1. The van der Waals surface area contributed by atoms with Crippen LogP contribution in [-0.4, -0.2) is 16.9 Å². The van der Waals surface area contributed by atoms with Gasteiger partial charge in [-0.05, 0) is 25.0 Å². The van der Waals surface area contributed by atoms with Gasteiger partial charge in [-0.1, -0.05) is 30.3 Å². The van der Waals surface area contributed by atoms with Crippen LogP contribution < -0.4 is 11.1 Å². The van der Waals surface area contributed by atoms with Gasteiger partial charge in [0.05, 0.1) is 22.3 Å². The van der Waals surface area contributed by atoms with Crippen LogP contribution in [0.4, 0.5) is 5.69 Å². The van der Waals surface area contributed by atoms with Crippen molar-refractivity contribution in [2.45, 2.75) is 18.9 Å². The number of nitrogens with zero attached hydrogens (tertiary/aromatic N) is 1. The first-order valence-corrected chi connectivity index (χ1v) is 7.12. The van der Waals surface area contributed by atoms with Crippen LogP contribution in [0.15, 0.2) is 42.5 Å². The molecule has 0 spiro atoms. The fourth-order valence-corrected chi connectivity index (χ4v) is 2.62. The van der Waals surface area contributed by atoms with Crippen molar-refractivity contribution >= 4 is 33.4 Å². The van der Waals surface area contributed by atoms with E-state index in [0.717, 1.165) is 29.1 Å². The summed E-state index contributed by atoms with van der Waals surface area (Å²) >= 11 is 0. The molecule has 0 unspecified atom stereocenters. The number of hydrogen-bond acceptors (Lipinski definition) is 3. The molecule has 0 aliphatic heterocycles. The van der Waals surface area contributed by atoms with E-state index in [0.29, 0.717) is 22.8 Å². The van der Waals surface area contributed by atoms with Crippen molar-refractivity contribution in [2.24, 2.45) is 0 Å². The minimum atomic E-state index is -0.0646. The fourth-order valence-electron chi connectivity index (χ4n) is 2.62. The number of carbonyl (C=O) groups is 1. The minimum absolute atomic E-state index is 0.0646. The molecular formula is C17H15N3O. The summed E-state index contributed by atoms with van der Waals surface area (Å²) in [5.41, 5.74) is 9.02. The number of anilines is 1. The average Bonchev–Trinajstić information content (AvgIpc) is 3.31. The van der Waals surface area contributed by atoms with E-state index >= 15 is 0 Å². The molecule has 3 aromatic rings. The Labute approximate surface area is 122 Å². The van der Waals surface area contributed by atoms with Crippen LogP contribution in [0.1, 0.15) is 23.2 Å². The molecule has 1 amide bonds. The van der Waals surface area contributed by atoms with Crippen LogP contribution in [0.5, 0.6) is 0 Å². The first-order valence-electron chi connectivity index (χ1n) is 7.12. The summed E-state index contributed by atoms with van der Waals surface area (Å²) in [6.45, 7) is 0. The molecule has 2 aromatic carbocycles. The van der Waals surface area contributed by atoms with Gasteiger partial charge in [-0.3, -0.25) is 4.79 Å². The zero-order valence-corrected chi connectivity index (χ0v) is 11.5. The Balaban J connectivity index is 1.97. The van der Waals surface area contributed by atoms with Crippen LogP contribution in [0.2, 0.25) is 0 Å². The van der Waals surface area contributed by atoms with Crippen molar-refractivity contribution < 1.29 is 4.79 Å². The Morgan fingerprint density at radius 1 is 1.10 bits per heavy atom. The summed E-state index contributed by atoms with van der Waals surface area (Å²) in [6, 6.07) is 13.6. The molecule has 4 nitrogen and oxygen atoms in total. The standard InChI is InChI=1S/C17H15N3O/c18-15-11-4-1-2-7-14(11)20-16-12(15)5-3-6-13(16)17(21)19-10-8-9-10/h1-7,10H,8-9H2,(H2,18,20)(H,19,21). The summed E-state index contributed by atoms with van der Waals surface area (Å²) in [7, 11) is 0. The van der Waals surface area contributed by atoms with E-state index in [1.165, 1.54) is 0 Å². The lowest BCUT2D eigenvalue weighted by molar-refractivity contribution is 0.0952. The Hall–Kier alpha value is -2.62. The van der Waals surface area contributed by atoms with E-state index in [2.05, 4.69) is 10.3 Å². The molecule has 1 heterocycles. The number of nitrogen functional groups attached to an aromatic ring is 1. The summed E-state index contributed by atoms with van der Waals surface area (Å²) in [5, 5.41) is 4.76. The van der Waals surface area contributed by atoms with E-state index in [4.69, 9.17) is 5.73 Å². The van der Waals surface area contributed by atoms with Crippen LogP contribution in [0.25, 0.3) is 21.8 Å². The van der Waals surface area contributed by atoms with Gasteiger partial charge in [0.2, 0.25) is 0 Å². The number of amides is 1. The van der Waals surface area contributed by atoms with Gasteiger partial charge >= 0.3 is 0 Å². The molecule has 0 saturated heterocycles. The zero-order valence-electron chi connectivity index (χ0n) is 11.5. The topological polar surface area (TPSA) is 68.0 Å². The maximum atomic E-state index is 12.4. The largest absolute Gasteiger partial charge is 0.398 e. The van der Waals surface area contributed by atoms with Crippen molar-refractivity contribution in [3.05, 3.63) is 48.0 Å². The monoisotopic (exact) mass is 277 g/mol. The van der Waals surface area contributed by atoms with Gasteiger partial charge < -0.3 is 11.1 Å². The van der Waals surface area contributed by atoms with Crippen LogP contribution >= 0.6 is 0 Å². The van der Waals surface area contributed by atoms with Gasteiger partial charge in [0.1, 0.15) is 0 Å². The van der Waals surface area contributed by atoms with Crippen molar-refractivity contribution in [3.8, 4) is 0 Å². The first kappa shape index (κ1) is 12.1. The Bertz CT molecular complexity index is 868. The maximum Gasteiger partial charge on any atom is 0.253 e. The number of benzene rings is 2. The number of nitrogens with one attached hydrogen (secondary N) is 1. The molecule has 4 heteroatoms. The van der Waals surface area contributed by atoms with Crippen LogP contribution in [0, 0.1) is 0 Å². The lowest BCUT2D eigenvalue weighted by Gasteiger charge is -2.10. The second-order valence-electron chi connectivity index (χ2n) is 5.49. The van der Waals surface area contributed by atoms with Gasteiger partial charge in [-0.15, -0.1) is 0 Å². The highest BCUT2D eigenvalue weighted by Crippen LogP contribution is 2.30. The highest BCUT2D eigenvalue weighted by molar-refractivity contribution is 6.13. The zero-order chi connectivity index (χ0) is 14.4. The fraction of sp³-hybridized carbons (Fsp3) is 0.176. The molecule has 104 valence electrons. The van der Waals surface area contributed by atoms with Gasteiger partial charge in [-0.25, -0.2) is 4.98 Å². The van der Waals surface area contributed by atoms with Crippen molar-refractivity contribution in [1.29, 1.82) is 0 Å². The summed E-state index contributed by atoms with van der Waals surface area (Å²) < 4.78 is 0. The Morgan fingerprint density at radius 2 is 1.86 bits per heavy atom. The smallest absolute Gasteiger partial charge is 0.253 e. The molecular weight excluding hydrogens is 262 g/mol. The SMILES string of the molecule is Nc1c2ccccc2nc2c(C(=O)NC3CC3)cccc12. The number of pyridine rings is 1. The molecule has 3 N–H and O–H groups in total. The average molecular weight is 277 g/mol. The number of fused-ring (bicyclic) bond motifs is 2. The summed E-state index contributed by atoms with van der Waals surface area (Å²) in [6.07, 6.45) is 2.13. The minimum Gasteiger partial charge on any atom is -0.398 e. The third-order valence-electron chi connectivity index (χ3n) is 3.91. The predicted molar refractivity (Wildman–Crippen MR) is 84.1 cm³/mol. The second-order valence-corrected chi connectivity index (χ2v) is 5.49. The Kier molecular flexibility index (Phi) is 2.57. The number of nitrogens with two attached hydrogens (primary N) is 1. The van der Waals surface area contributed by atoms with Crippen LogP contribution in [0.3, 0.4) is 0 Å². The molecule has 1 aromatic heterocycles. The molecule has 1 saturated carbocycles. The molecule has 0 radical (unpaired) electrons. The quantitative estimate of drug-likeness (QED) is 0.708. The normalized spacial score (nSPS) is 14.5. The number of carbonyl (C=O) groups excluding carboxylic acids is 1. The molecule has 1 fully saturated rings. The van der Waals surface area contributed by atoms with Gasteiger partial charge in [0.25, 0.3) is 5.91 Å². The Morgan fingerprint density at radius 3 is 2.67 bits per heavy atom. The van der Waals surface area contributed by atoms with Crippen molar-refractivity contribution in [1.82, 2.24) is 10.3 Å². The highest BCUT2D eigenvalue weighted by atomic mass is 16.1. The van der Waals surface area contributed by atoms with Crippen LogP contribution in [-0.2, 0) is 0 Å². The molecule has 0 bridgehead atoms. The first-order chi connectivity index (χ1) is 10.2. The van der Waals surface area contributed by atoms with E-state index in [1.807, 2.05) is 36.4 Å². The molecule has 1 aliphatic carbocycles. The maximum absolute atomic E-state index is 12.4. The van der Waals surface area contributed by atoms with E-state index in [-0.39, 0.29) is 5.91 Å². The van der Waals surface area contributed by atoms with Crippen molar-refractivity contribution in [3.63, 3.8) is 0 Å². The van der Waals surface area contributed by atoms with E-state index in [1.54, 1.807) is 6.07 Å². The number of para-hydroxylation sites is 2. The molecule has 0 atom stereocenters.